The number of hydrogen-bond acceptors (Lipinski definition) is 1. The van der Waals surface area contributed by atoms with Crippen molar-refractivity contribution in [2.75, 3.05) is 0 Å². The molecule has 0 aliphatic carbocycles. The highest BCUT2D eigenvalue weighted by atomic mass is 16.5. The van der Waals surface area contributed by atoms with Crippen molar-refractivity contribution in [1.82, 2.24) is 4.98 Å². The second kappa shape index (κ2) is 5.47. The number of aryl methyl sites for hydroxylation is 2. The highest BCUT2D eigenvalue weighted by Crippen LogP contribution is 2.32. The summed E-state index contributed by atoms with van der Waals surface area (Å²) in [5, 5.41) is 2.52. The Morgan fingerprint density at radius 2 is 1.65 bits per heavy atom. The lowest BCUT2D eigenvalue weighted by atomic mass is 10.0. The third-order valence-electron chi connectivity index (χ3n) is 4.39. The van der Waals surface area contributed by atoms with Crippen LogP contribution in [0.5, 0.6) is 5.75 Å². The summed E-state index contributed by atoms with van der Waals surface area (Å²) in [6.07, 6.45) is 0. The first-order valence-corrected chi connectivity index (χ1v) is 7.91. The fourth-order valence-electron chi connectivity index (χ4n) is 3.12. The molecule has 1 aromatic heterocycles. The smallest absolute Gasteiger partial charge is 0.120 e. The molecule has 3 aromatic carbocycles. The molecule has 114 valence electrons. The number of fused-ring (bicyclic) bond motifs is 3. The van der Waals surface area contributed by atoms with E-state index in [2.05, 4.69) is 55.2 Å². The molecule has 2 heteroatoms. The molecular weight excluding hydrogens is 282 g/mol. The maximum absolute atomic E-state index is 5.97. The number of aromatic amines is 1. The molecule has 0 saturated carbocycles. The molecule has 2 nitrogen and oxygen atoms in total. The number of nitrogens with one attached hydrogen (secondary N) is 1. The Kier molecular flexibility index (Phi) is 3.30. The summed E-state index contributed by atoms with van der Waals surface area (Å²) < 4.78 is 5.97. The third kappa shape index (κ3) is 2.46. The van der Waals surface area contributed by atoms with Crippen molar-refractivity contribution in [3.63, 3.8) is 0 Å². The zero-order chi connectivity index (χ0) is 15.8. The minimum absolute atomic E-state index is 0.590. The van der Waals surface area contributed by atoms with Crippen molar-refractivity contribution >= 4 is 21.8 Å². The number of aromatic nitrogens is 1. The fraction of sp³-hybridized carbons (Fsp3) is 0.143. The summed E-state index contributed by atoms with van der Waals surface area (Å²) >= 11 is 0. The molecule has 0 aliphatic heterocycles. The van der Waals surface area contributed by atoms with E-state index >= 15 is 0 Å². The maximum atomic E-state index is 5.97. The van der Waals surface area contributed by atoms with Gasteiger partial charge in [0, 0.05) is 21.8 Å². The van der Waals surface area contributed by atoms with Crippen LogP contribution in [0.25, 0.3) is 21.8 Å². The van der Waals surface area contributed by atoms with Gasteiger partial charge >= 0.3 is 0 Å². The van der Waals surface area contributed by atoms with Gasteiger partial charge in [-0.1, -0.05) is 42.5 Å². The van der Waals surface area contributed by atoms with Crippen molar-refractivity contribution in [1.29, 1.82) is 0 Å². The highest BCUT2D eigenvalue weighted by Gasteiger charge is 2.09. The van der Waals surface area contributed by atoms with Crippen LogP contribution in [0.3, 0.4) is 0 Å². The summed E-state index contributed by atoms with van der Waals surface area (Å²) in [6, 6.07) is 20.9. The number of benzene rings is 3. The van der Waals surface area contributed by atoms with Gasteiger partial charge in [0.15, 0.2) is 0 Å². The van der Waals surface area contributed by atoms with Crippen LogP contribution in [0.2, 0.25) is 0 Å². The molecule has 0 saturated heterocycles. The largest absolute Gasteiger partial charge is 0.489 e. The van der Waals surface area contributed by atoms with Crippen molar-refractivity contribution < 1.29 is 4.74 Å². The quantitative estimate of drug-likeness (QED) is 0.529. The highest BCUT2D eigenvalue weighted by molar-refractivity contribution is 6.10. The topological polar surface area (TPSA) is 25.0 Å². The van der Waals surface area contributed by atoms with Crippen LogP contribution in [0, 0.1) is 13.8 Å². The first-order valence-electron chi connectivity index (χ1n) is 7.91. The second-order valence-corrected chi connectivity index (χ2v) is 6.06. The molecule has 4 aromatic rings. The van der Waals surface area contributed by atoms with Gasteiger partial charge in [-0.25, -0.2) is 0 Å². The van der Waals surface area contributed by atoms with Gasteiger partial charge in [-0.3, -0.25) is 0 Å². The fourth-order valence-corrected chi connectivity index (χ4v) is 3.12. The van der Waals surface area contributed by atoms with E-state index in [9.17, 15) is 0 Å². The first-order chi connectivity index (χ1) is 11.2. The van der Waals surface area contributed by atoms with Crippen molar-refractivity contribution in [2.45, 2.75) is 20.5 Å². The Balaban J connectivity index is 1.75. The van der Waals surface area contributed by atoms with Gasteiger partial charge in [-0.2, -0.15) is 0 Å². The normalized spacial score (nSPS) is 11.2. The summed E-state index contributed by atoms with van der Waals surface area (Å²) in [6.45, 7) is 4.89. The summed E-state index contributed by atoms with van der Waals surface area (Å²) in [7, 11) is 0. The number of rotatable bonds is 3. The molecule has 4 rings (SSSR count). The molecule has 0 aliphatic rings. The molecule has 1 heterocycles. The van der Waals surface area contributed by atoms with Gasteiger partial charge in [0.05, 0.1) is 0 Å². The Morgan fingerprint density at radius 1 is 0.870 bits per heavy atom. The molecule has 23 heavy (non-hydrogen) atoms. The predicted molar refractivity (Wildman–Crippen MR) is 96.1 cm³/mol. The summed E-state index contributed by atoms with van der Waals surface area (Å²) in [5.41, 5.74) is 6.12. The average Bonchev–Trinajstić information content (AvgIpc) is 2.97. The standard InChI is InChI=1S/C21H19NO/c1-14-8-9-15(2)21-20(14)18-12-17(10-11-19(18)22-21)23-13-16-6-4-3-5-7-16/h3-12,22H,13H2,1-2H3. The molecular formula is C21H19NO. The van der Waals surface area contributed by atoms with Gasteiger partial charge in [0.25, 0.3) is 0 Å². The van der Waals surface area contributed by atoms with Crippen molar-refractivity contribution in [3.05, 3.63) is 77.4 Å². The molecule has 0 fully saturated rings. The predicted octanol–water partition coefficient (Wildman–Crippen LogP) is 5.52. The first kappa shape index (κ1) is 13.9. The van der Waals surface area contributed by atoms with Crippen molar-refractivity contribution in [2.24, 2.45) is 0 Å². The van der Waals surface area contributed by atoms with Crippen LogP contribution in [-0.4, -0.2) is 4.98 Å². The summed E-state index contributed by atoms with van der Waals surface area (Å²) in [4.78, 5) is 3.53. The SMILES string of the molecule is Cc1ccc(C)c2c1[nH]c1ccc(OCc3ccccc3)cc12. The molecule has 0 radical (unpaired) electrons. The Bertz CT molecular complexity index is 983. The van der Waals surface area contributed by atoms with Crippen LogP contribution in [0.1, 0.15) is 16.7 Å². The van der Waals surface area contributed by atoms with E-state index in [1.54, 1.807) is 0 Å². The minimum Gasteiger partial charge on any atom is -0.489 e. The zero-order valence-electron chi connectivity index (χ0n) is 13.4. The van der Waals surface area contributed by atoms with Crippen LogP contribution in [-0.2, 0) is 6.61 Å². The Morgan fingerprint density at radius 3 is 2.48 bits per heavy atom. The van der Waals surface area contributed by atoms with Crippen LogP contribution in [0.15, 0.2) is 60.7 Å². The van der Waals surface area contributed by atoms with Gasteiger partial charge < -0.3 is 9.72 Å². The van der Waals surface area contributed by atoms with Gasteiger partial charge in [0.1, 0.15) is 12.4 Å². The van der Waals surface area contributed by atoms with E-state index in [4.69, 9.17) is 4.74 Å². The average molecular weight is 301 g/mol. The minimum atomic E-state index is 0.590. The molecule has 1 N–H and O–H groups in total. The molecule has 0 amide bonds. The Hall–Kier alpha value is -2.74. The molecule has 0 bridgehead atoms. The summed E-state index contributed by atoms with van der Waals surface area (Å²) in [5.74, 6) is 0.906. The second-order valence-electron chi connectivity index (χ2n) is 6.06. The monoisotopic (exact) mass is 301 g/mol. The lowest BCUT2D eigenvalue weighted by Crippen LogP contribution is -1.94. The number of hydrogen-bond donors (Lipinski definition) is 1. The van der Waals surface area contributed by atoms with E-state index in [1.165, 1.54) is 33.0 Å². The van der Waals surface area contributed by atoms with Gasteiger partial charge in [-0.05, 0) is 48.7 Å². The van der Waals surface area contributed by atoms with E-state index in [0.29, 0.717) is 6.61 Å². The number of H-pyrrole nitrogens is 1. The van der Waals surface area contributed by atoms with Crippen molar-refractivity contribution in [3.8, 4) is 5.75 Å². The van der Waals surface area contributed by atoms with E-state index in [-0.39, 0.29) is 0 Å². The lowest BCUT2D eigenvalue weighted by Gasteiger charge is -2.06. The number of ether oxygens (including phenoxy) is 1. The molecule has 0 atom stereocenters. The maximum Gasteiger partial charge on any atom is 0.120 e. The van der Waals surface area contributed by atoms with E-state index in [0.717, 1.165) is 11.3 Å². The van der Waals surface area contributed by atoms with Crippen LogP contribution < -0.4 is 4.74 Å². The third-order valence-corrected chi connectivity index (χ3v) is 4.39. The van der Waals surface area contributed by atoms with E-state index in [1.807, 2.05) is 24.3 Å². The van der Waals surface area contributed by atoms with E-state index < -0.39 is 0 Å². The molecule has 0 spiro atoms. The van der Waals surface area contributed by atoms with Crippen LogP contribution >= 0.6 is 0 Å². The zero-order valence-corrected chi connectivity index (χ0v) is 13.4. The van der Waals surface area contributed by atoms with Gasteiger partial charge in [0.2, 0.25) is 0 Å². The molecule has 0 unspecified atom stereocenters. The van der Waals surface area contributed by atoms with Gasteiger partial charge in [-0.15, -0.1) is 0 Å². The van der Waals surface area contributed by atoms with Crippen LogP contribution in [0.4, 0.5) is 0 Å². The Labute approximate surface area is 135 Å². The lowest BCUT2D eigenvalue weighted by molar-refractivity contribution is 0.306.